The average Bonchev–Trinajstić information content (AvgIpc) is 2.91. The summed E-state index contributed by atoms with van der Waals surface area (Å²) in [6.45, 7) is 1.46. The summed E-state index contributed by atoms with van der Waals surface area (Å²) in [6, 6.07) is 6.87. The summed E-state index contributed by atoms with van der Waals surface area (Å²) in [5.74, 6) is -0.753. The number of allylic oxidation sites excluding steroid dienone is 1. The van der Waals surface area contributed by atoms with Crippen LogP contribution in [-0.2, 0) is 11.8 Å². The third-order valence-electron chi connectivity index (χ3n) is 2.94. The zero-order valence-corrected chi connectivity index (χ0v) is 12.3. The minimum atomic E-state index is -1.03. The Morgan fingerprint density at radius 2 is 2.18 bits per heavy atom. The highest BCUT2D eigenvalue weighted by atomic mass is 16.5. The van der Waals surface area contributed by atoms with Crippen LogP contribution in [0.1, 0.15) is 22.8 Å². The first-order valence-electron chi connectivity index (χ1n) is 6.66. The summed E-state index contributed by atoms with van der Waals surface area (Å²) < 4.78 is 6.84. The van der Waals surface area contributed by atoms with E-state index < -0.39 is 12.1 Å². The summed E-state index contributed by atoms with van der Waals surface area (Å²) in [5.41, 5.74) is 1.25. The molecular formula is C16H16N2O4. The van der Waals surface area contributed by atoms with Crippen molar-refractivity contribution >= 4 is 17.8 Å². The maximum Gasteiger partial charge on any atom is 0.344 e. The van der Waals surface area contributed by atoms with E-state index in [2.05, 4.69) is 5.10 Å². The molecule has 0 saturated heterocycles. The van der Waals surface area contributed by atoms with Crippen LogP contribution in [0.2, 0.25) is 0 Å². The van der Waals surface area contributed by atoms with E-state index in [1.807, 2.05) is 0 Å². The minimum absolute atomic E-state index is 0.154. The SMILES string of the molecule is C[C@H](Oc1cccc(/C=C\C(=O)c2cnn(C)c2)c1)C(=O)O. The largest absolute Gasteiger partial charge is 0.479 e. The number of aliphatic carboxylic acids is 1. The molecule has 6 nitrogen and oxygen atoms in total. The first kappa shape index (κ1) is 15.5. The van der Waals surface area contributed by atoms with Crippen LogP contribution < -0.4 is 4.74 Å². The van der Waals surface area contributed by atoms with Crippen molar-refractivity contribution in [1.82, 2.24) is 9.78 Å². The van der Waals surface area contributed by atoms with Crippen LogP contribution in [0.4, 0.5) is 0 Å². The molecule has 0 spiro atoms. The van der Waals surface area contributed by atoms with Gasteiger partial charge in [-0.15, -0.1) is 0 Å². The molecule has 1 aromatic heterocycles. The predicted octanol–water partition coefficient (Wildman–Crippen LogP) is 2.17. The van der Waals surface area contributed by atoms with Crippen molar-refractivity contribution in [2.75, 3.05) is 0 Å². The van der Waals surface area contributed by atoms with Gasteiger partial charge in [0.25, 0.3) is 0 Å². The molecule has 0 aliphatic heterocycles. The van der Waals surface area contributed by atoms with Gasteiger partial charge in [0.15, 0.2) is 11.9 Å². The number of benzene rings is 1. The molecule has 0 aliphatic rings. The van der Waals surface area contributed by atoms with E-state index in [1.165, 1.54) is 19.2 Å². The third-order valence-corrected chi connectivity index (χ3v) is 2.94. The quantitative estimate of drug-likeness (QED) is 0.653. The molecule has 6 heteroatoms. The summed E-state index contributed by atoms with van der Waals surface area (Å²) in [4.78, 5) is 22.7. The molecule has 1 aromatic carbocycles. The highest BCUT2D eigenvalue weighted by Crippen LogP contribution is 2.16. The lowest BCUT2D eigenvalue weighted by Gasteiger charge is -2.10. The molecule has 0 saturated carbocycles. The molecule has 0 unspecified atom stereocenters. The molecule has 1 N–H and O–H groups in total. The Morgan fingerprint density at radius 3 is 2.82 bits per heavy atom. The maximum atomic E-state index is 11.9. The zero-order chi connectivity index (χ0) is 16.1. The summed E-state index contributed by atoms with van der Waals surface area (Å²) in [7, 11) is 1.74. The van der Waals surface area contributed by atoms with Crippen molar-refractivity contribution in [3.63, 3.8) is 0 Å². The molecule has 1 atom stereocenters. The second kappa shape index (κ2) is 6.71. The molecule has 2 aromatic rings. The molecule has 0 radical (unpaired) electrons. The van der Waals surface area contributed by atoms with Gasteiger partial charge in [-0.3, -0.25) is 9.48 Å². The Morgan fingerprint density at radius 1 is 1.41 bits per heavy atom. The van der Waals surface area contributed by atoms with Crippen molar-refractivity contribution in [2.45, 2.75) is 13.0 Å². The van der Waals surface area contributed by atoms with Crippen LogP contribution in [0, 0.1) is 0 Å². The van der Waals surface area contributed by atoms with Crippen LogP contribution in [0.3, 0.4) is 0 Å². The smallest absolute Gasteiger partial charge is 0.344 e. The van der Waals surface area contributed by atoms with E-state index >= 15 is 0 Å². The van der Waals surface area contributed by atoms with Crippen LogP contribution in [0.25, 0.3) is 6.08 Å². The second-order valence-electron chi connectivity index (χ2n) is 4.77. The lowest BCUT2D eigenvalue weighted by atomic mass is 10.1. The molecule has 0 aliphatic carbocycles. The van der Waals surface area contributed by atoms with Crippen LogP contribution >= 0.6 is 0 Å². The van der Waals surface area contributed by atoms with Crippen molar-refractivity contribution < 1.29 is 19.4 Å². The van der Waals surface area contributed by atoms with E-state index in [0.29, 0.717) is 11.3 Å². The van der Waals surface area contributed by atoms with Gasteiger partial charge in [-0.1, -0.05) is 18.2 Å². The number of aromatic nitrogens is 2. The Hall–Kier alpha value is -2.89. The molecule has 0 fully saturated rings. The monoisotopic (exact) mass is 300 g/mol. The number of carboxylic acids is 1. The number of hydrogen-bond donors (Lipinski definition) is 1. The Labute approximate surface area is 127 Å². The predicted molar refractivity (Wildman–Crippen MR) is 80.7 cm³/mol. The van der Waals surface area contributed by atoms with Gasteiger partial charge in [-0.2, -0.15) is 5.10 Å². The summed E-state index contributed by atoms with van der Waals surface area (Å²) >= 11 is 0. The number of ketones is 1. The van der Waals surface area contributed by atoms with Gasteiger partial charge in [0.05, 0.1) is 11.8 Å². The molecule has 1 heterocycles. The third kappa shape index (κ3) is 4.05. The summed E-state index contributed by atoms with van der Waals surface area (Å²) in [6.07, 6.45) is 5.29. The Balaban J connectivity index is 2.08. The number of carboxylic acid groups (broad SMARTS) is 1. The molecule has 2 rings (SSSR count). The molecule has 114 valence electrons. The highest BCUT2D eigenvalue weighted by molar-refractivity contribution is 6.06. The zero-order valence-electron chi connectivity index (χ0n) is 12.3. The number of nitrogens with zero attached hydrogens (tertiary/aromatic N) is 2. The van der Waals surface area contributed by atoms with E-state index in [9.17, 15) is 9.59 Å². The molecular weight excluding hydrogens is 284 g/mol. The first-order chi connectivity index (χ1) is 10.5. The number of carbonyl (C=O) groups excluding carboxylic acids is 1. The first-order valence-corrected chi connectivity index (χ1v) is 6.66. The van der Waals surface area contributed by atoms with Gasteiger partial charge in [0.2, 0.25) is 0 Å². The van der Waals surface area contributed by atoms with Gasteiger partial charge >= 0.3 is 5.97 Å². The fourth-order valence-electron chi connectivity index (χ4n) is 1.76. The molecule has 0 amide bonds. The maximum absolute atomic E-state index is 11.9. The summed E-state index contributed by atoms with van der Waals surface area (Å²) in [5, 5.41) is 12.8. The minimum Gasteiger partial charge on any atom is -0.479 e. The number of rotatable bonds is 6. The van der Waals surface area contributed by atoms with E-state index in [0.717, 1.165) is 5.56 Å². The topological polar surface area (TPSA) is 81.4 Å². The van der Waals surface area contributed by atoms with Crippen molar-refractivity contribution in [3.8, 4) is 5.75 Å². The van der Waals surface area contributed by atoms with Crippen LogP contribution in [0.15, 0.2) is 42.7 Å². The number of hydrogen-bond acceptors (Lipinski definition) is 4. The molecule has 0 bridgehead atoms. The highest BCUT2D eigenvalue weighted by Gasteiger charge is 2.12. The fourth-order valence-corrected chi connectivity index (χ4v) is 1.76. The van der Waals surface area contributed by atoms with Gasteiger partial charge in [0.1, 0.15) is 5.75 Å². The average molecular weight is 300 g/mol. The van der Waals surface area contributed by atoms with Crippen LogP contribution in [-0.4, -0.2) is 32.7 Å². The molecule has 22 heavy (non-hydrogen) atoms. The van der Waals surface area contributed by atoms with Gasteiger partial charge in [-0.25, -0.2) is 4.79 Å². The number of carbonyl (C=O) groups is 2. The van der Waals surface area contributed by atoms with Crippen molar-refractivity contribution in [1.29, 1.82) is 0 Å². The second-order valence-corrected chi connectivity index (χ2v) is 4.77. The normalized spacial score (nSPS) is 12.3. The Bertz CT molecular complexity index is 718. The van der Waals surface area contributed by atoms with Gasteiger partial charge < -0.3 is 9.84 Å². The standard InChI is InChI=1S/C16H16N2O4/c1-11(16(20)21)22-14-5-3-4-12(8-14)6-7-15(19)13-9-17-18(2)10-13/h3-11H,1-2H3,(H,20,21)/b7-6-/t11-/m0/s1. The van der Waals surface area contributed by atoms with E-state index in [1.54, 1.807) is 48.3 Å². The van der Waals surface area contributed by atoms with Crippen molar-refractivity contribution in [3.05, 3.63) is 53.9 Å². The Kier molecular flexibility index (Phi) is 4.73. The van der Waals surface area contributed by atoms with Gasteiger partial charge in [-0.05, 0) is 30.7 Å². The van der Waals surface area contributed by atoms with E-state index in [4.69, 9.17) is 9.84 Å². The van der Waals surface area contributed by atoms with E-state index in [-0.39, 0.29) is 5.78 Å². The lowest BCUT2D eigenvalue weighted by molar-refractivity contribution is -0.144. The number of ether oxygens (including phenoxy) is 1. The number of aryl methyl sites for hydroxylation is 1. The lowest BCUT2D eigenvalue weighted by Crippen LogP contribution is -2.22. The van der Waals surface area contributed by atoms with Crippen LogP contribution in [0.5, 0.6) is 5.75 Å². The van der Waals surface area contributed by atoms with Gasteiger partial charge in [0, 0.05) is 13.2 Å². The van der Waals surface area contributed by atoms with Crippen molar-refractivity contribution in [2.24, 2.45) is 7.05 Å². The fraction of sp³-hybridized carbons (Fsp3) is 0.188.